The molecular weight excluding hydrogens is 222 g/mol. The normalized spacial score (nSPS) is 20.6. The molecule has 86 valence electrons. The van der Waals surface area contributed by atoms with Crippen LogP contribution in [-0.2, 0) is 4.79 Å². The van der Waals surface area contributed by atoms with Crippen LogP contribution in [0, 0.1) is 0 Å². The number of carbonyl (C=O) groups excluding carboxylic acids is 1. The van der Waals surface area contributed by atoms with Gasteiger partial charge in [0, 0.05) is 10.4 Å². The SMILES string of the molecule is CC(C)(C)NC1=NC(c2cccs2)C(=O)N1. The summed E-state index contributed by atoms with van der Waals surface area (Å²) in [6.45, 7) is 6.08. The van der Waals surface area contributed by atoms with Gasteiger partial charge in [-0.1, -0.05) is 6.07 Å². The van der Waals surface area contributed by atoms with Crippen LogP contribution in [0.25, 0.3) is 0 Å². The number of guanidine groups is 1. The summed E-state index contributed by atoms with van der Waals surface area (Å²) >= 11 is 1.55. The average molecular weight is 237 g/mol. The molecule has 1 unspecified atom stereocenters. The molecule has 2 N–H and O–H groups in total. The van der Waals surface area contributed by atoms with Crippen LogP contribution >= 0.6 is 11.3 Å². The van der Waals surface area contributed by atoms with Crippen LogP contribution in [0.4, 0.5) is 0 Å². The van der Waals surface area contributed by atoms with Crippen LogP contribution in [0.2, 0.25) is 0 Å². The maximum Gasteiger partial charge on any atom is 0.257 e. The lowest BCUT2D eigenvalue weighted by Gasteiger charge is -2.21. The Morgan fingerprint density at radius 2 is 2.25 bits per heavy atom. The Hall–Kier alpha value is -1.36. The number of rotatable bonds is 1. The number of carbonyl (C=O) groups is 1. The standard InChI is InChI=1S/C11H15N3OS/c1-11(2,3)14-10-12-8(9(15)13-10)7-5-4-6-16-7/h4-6,8H,1-3H3,(H2,12,13,14,15). The highest BCUT2D eigenvalue weighted by molar-refractivity contribution is 7.10. The van der Waals surface area contributed by atoms with Crippen molar-refractivity contribution in [2.24, 2.45) is 4.99 Å². The van der Waals surface area contributed by atoms with Gasteiger partial charge in [0.15, 0.2) is 12.0 Å². The van der Waals surface area contributed by atoms with Crippen LogP contribution in [0.5, 0.6) is 0 Å². The molecule has 2 heterocycles. The molecule has 0 spiro atoms. The lowest BCUT2D eigenvalue weighted by Crippen LogP contribution is -2.46. The van der Waals surface area contributed by atoms with Gasteiger partial charge in [-0.15, -0.1) is 11.3 Å². The summed E-state index contributed by atoms with van der Waals surface area (Å²) in [6.07, 6.45) is 0. The molecule has 0 saturated heterocycles. The Kier molecular flexibility index (Phi) is 2.71. The molecule has 1 aromatic heterocycles. The minimum absolute atomic E-state index is 0.0609. The zero-order chi connectivity index (χ0) is 11.8. The highest BCUT2D eigenvalue weighted by Crippen LogP contribution is 2.25. The van der Waals surface area contributed by atoms with E-state index < -0.39 is 0 Å². The second-order valence-electron chi connectivity index (χ2n) is 4.76. The van der Waals surface area contributed by atoms with Crippen molar-refractivity contribution in [3.8, 4) is 0 Å². The zero-order valence-electron chi connectivity index (χ0n) is 9.57. The summed E-state index contributed by atoms with van der Waals surface area (Å²) < 4.78 is 0. The third kappa shape index (κ3) is 2.41. The molecule has 0 aliphatic carbocycles. The van der Waals surface area contributed by atoms with Gasteiger partial charge in [-0.05, 0) is 32.2 Å². The summed E-state index contributed by atoms with van der Waals surface area (Å²) in [5.41, 5.74) is -0.101. The molecule has 1 amide bonds. The first-order valence-corrected chi connectivity index (χ1v) is 6.04. The van der Waals surface area contributed by atoms with E-state index in [2.05, 4.69) is 15.6 Å². The van der Waals surface area contributed by atoms with Crippen molar-refractivity contribution in [2.75, 3.05) is 0 Å². The summed E-state index contributed by atoms with van der Waals surface area (Å²) in [5.74, 6) is 0.505. The van der Waals surface area contributed by atoms with Crippen LogP contribution < -0.4 is 10.6 Å². The Morgan fingerprint density at radius 1 is 1.50 bits per heavy atom. The second-order valence-corrected chi connectivity index (χ2v) is 5.74. The van der Waals surface area contributed by atoms with Gasteiger partial charge in [-0.2, -0.15) is 0 Å². The average Bonchev–Trinajstić information content (AvgIpc) is 2.71. The molecule has 1 aliphatic rings. The number of hydrogen-bond acceptors (Lipinski definition) is 4. The molecule has 0 bridgehead atoms. The van der Waals surface area contributed by atoms with Crippen molar-refractivity contribution in [1.82, 2.24) is 10.6 Å². The van der Waals surface area contributed by atoms with Crippen molar-refractivity contribution in [1.29, 1.82) is 0 Å². The Labute approximate surface area is 98.8 Å². The first-order chi connectivity index (χ1) is 7.46. The number of amides is 1. The number of hydrogen-bond donors (Lipinski definition) is 2. The highest BCUT2D eigenvalue weighted by Gasteiger charge is 2.29. The largest absolute Gasteiger partial charge is 0.351 e. The van der Waals surface area contributed by atoms with Gasteiger partial charge in [0.05, 0.1) is 0 Å². The molecule has 0 saturated carbocycles. The minimum Gasteiger partial charge on any atom is -0.351 e. The van der Waals surface area contributed by atoms with Crippen LogP contribution in [0.3, 0.4) is 0 Å². The molecule has 1 aromatic rings. The number of aliphatic imine (C=N–C) groups is 1. The van der Waals surface area contributed by atoms with E-state index in [1.54, 1.807) is 11.3 Å². The zero-order valence-corrected chi connectivity index (χ0v) is 10.4. The summed E-state index contributed by atoms with van der Waals surface area (Å²) in [4.78, 5) is 17.0. The molecule has 1 aliphatic heterocycles. The van der Waals surface area contributed by atoms with Crippen LogP contribution in [0.1, 0.15) is 31.7 Å². The smallest absolute Gasteiger partial charge is 0.257 e. The summed E-state index contributed by atoms with van der Waals surface area (Å²) in [7, 11) is 0. The van der Waals surface area contributed by atoms with Crippen molar-refractivity contribution in [2.45, 2.75) is 32.4 Å². The summed E-state index contributed by atoms with van der Waals surface area (Å²) in [5, 5.41) is 7.87. The van der Waals surface area contributed by atoms with Gasteiger partial charge in [0.1, 0.15) is 0 Å². The fourth-order valence-corrected chi connectivity index (χ4v) is 2.22. The molecule has 0 fully saturated rings. The highest BCUT2D eigenvalue weighted by atomic mass is 32.1. The predicted octanol–water partition coefficient (Wildman–Crippen LogP) is 1.66. The fraction of sp³-hybridized carbons (Fsp3) is 0.455. The second kappa shape index (κ2) is 3.90. The van der Waals surface area contributed by atoms with E-state index in [0.717, 1.165) is 4.88 Å². The predicted molar refractivity (Wildman–Crippen MR) is 65.5 cm³/mol. The third-order valence-electron chi connectivity index (χ3n) is 2.05. The van der Waals surface area contributed by atoms with E-state index >= 15 is 0 Å². The topological polar surface area (TPSA) is 53.5 Å². The first kappa shape index (κ1) is 11.1. The van der Waals surface area contributed by atoms with Gasteiger partial charge in [0.25, 0.3) is 5.91 Å². The monoisotopic (exact) mass is 237 g/mol. The molecule has 2 rings (SSSR count). The molecular formula is C11H15N3OS. The van der Waals surface area contributed by atoms with Crippen LogP contribution in [-0.4, -0.2) is 17.4 Å². The van der Waals surface area contributed by atoms with Gasteiger partial charge >= 0.3 is 0 Å². The Bertz CT molecular complexity index is 417. The number of nitrogens with one attached hydrogen (secondary N) is 2. The Morgan fingerprint density at radius 3 is 2.81 bits per heavy atom. The van der Waals surface area contributed by atoms with Gasteiger partial charge in [-0.25, -0.2) is 4.99 Å². The van der Waals surface area contributed by atoms with E-state index in [1.165, 1.54) is 0 Å². The van der Waals surface area contributed by atoms with Crippen molar-refractivity contribution < 1.29 is 4.79 Å². The van der Waals surface area contributed by atoms with E-state index in [4.69, 9.17) is 0 Å². The quantitative estimate of drug-likeness (QED) is 0.780. The van der Waals surface area contributed by atoms with Crippen molar-refractivity contribution in [3.05, 3.63) is 22.4 Å². The fourth-order valence-electron chi connectivity index (χ4n) is 1.46. The lowest BCUT2D eigenvalue weighted by molar-refractivity contribution is -0.120. The third-order valence-corrected chi connectivity index (χ3v) is 2.98. The summed E-state index contributed by atoms with van der Waals surface area (Å²) in [6, 6.07) is 3.47. The minimum atomic E-state index is -0.384. The van der Waals surface area contributed by atoms with Gasteiger partial charge in [-0.3, -0.25) is 10.1 Å². The maximum atomic E-state index is 11.7. The molecule has 1 atom stereocenters. The van der Waals surface area contributed by atoms with Crippen LogP contribution in [0.15, 0.2) is 22.5 Å². The van der Waals surface area contributed by atoms with E-state index in [0.29, 0.717) is 5.96 Å². The Balaban J connectivity index is 2.15. The lowest BCUT2D eigenvalue weighted by atomic mass is 10.1. The van der Waals surface area contributed by atoms with Crippen molar-refractivity contribution >= 4 is 23.2 Å². The van der Waals surface area contributed by atoms with Gasteiger partial charge in [0.2, 0.25) is 0 Å². The molecule has 5 heteroatoms. The molecule has 0 radical (unpaired) electrons. The number of nitrogens with zero attached hydrogens (tertiary/aromatic N) is 1. The molecule has 16 heavy (non-hydrogen) atoms. The van der Waals surface area contributed by atoms with E-state index in [-0.39, 0.29) is 17.5 Å². The molecule has 4 nitrogen and oxygen atoms in total. The van der Waals surface area contributed by atoms with E-state index in [1.807, 2.05) is 38.3 Å². The first-order valence-electron chi connectivity index (χ1n) is 5.16. The maximum absolute atomic E-state index is 11.7. The number of thiophene rings is 1. The van der Waals surface area contributed by atoms with E-state index in [9.17, 15) is 4.79 Å². The van der Waals surface area contributed by atoms with Gasteiger partial charge < -0.3 is 5.32 Å². The van der Waals surface area contributed by atoms with Crippen molar-refractivity contribution in [3.63, 3.8) is 0 Å². The molecule has 0 aromatic carbocycles.